The fourth-order valence-corrected chi connectivity index (χ4v) is 1.68. The predicted molar refractivity (Wildman–Crippen MR) is 83.8 cm³/mol. The third kappa shape index (κ3) is 5.05. The van der Waals surface area contributed by atoms with Crippen molar-refractivity contribution in [3.63, 3.8) is 0 Å². The van der Waals surface area contributed by atoms with E-state index in [0.29, 0.717) is 17.2 Å². The lowest BCUT2D eigenvalue weighted by atomic mass is 10.2. The van der Waals surface area contributed by atoms with Crippen molar-refractivity contribution < 1.29 is 13.9 Å². The van der Waals surface area contributed by atoms with Crippen LogP contribution in [0.1, 0.15) is 20.8 Å². The van der Waals surface area contributed by atoms with Crippen LogP contribution < -0.4 is 10.6 Å². The molecule has 0 radical (unpaired) electrons. The summed E-state index contributed by atoms with van der Waals surface area (Å²) in [5, 5.41) is 5.56. The van der Waals surface area contributed by atoms with Gasteiger partial charge in [0.25, 0.3) is 0 Å². The summed E-state index contributed by atoms with van der Waals surface area (Å²) in [6.45, 7) is 5.37. The van der Waals surface area contributed by atoms with Gasteiger partial charge in [-0.2, -0.15) is 0 Å². The zero-order chi connectivity index (χ0) is 16.2. The molecule has 2 aromatic rings. The molecule has 0 fully saturated rings. The molecule has 116 valence electrons. The largest absolute Gasteiger partial charge is 0.444 e. The molecule has 0 aliphatic heterocycles. The summed E-state index contributed by atoms with van der Waals surface area (Å²) in [5.41, 5.74) is 0.551. The third-order valence-electron chi connectivity index (χ3n) is 2.51. The lowest BCUT2D eigenvalue weighted by molar-refractivity contribution is 0.0636. The maximum Gasteiger partial charge on any atom is 0.412 e. The molecule has 0 saturated carbocycles. The van der Waals surface area contributed by atoms with Crippen LogP contribution in [0.3, 0.4) is 0 Å². The molecule has 0 atom stereocenters. The Morgan fingerprint density at radius 2 is 1.95 bits per heavy atom. The summed E-state index contributed by atoms with van der Waals surface area (Å²) < 4.78 is 18.2. The van der Waals surface area contributed by atoms with E-state index in [1.807, 2.05) is 0 Å². The molecule has 1 heterocycles. The molecule has 1 aromatic carbocycles. The van der Waals surface area contributed by atoms with Gasteiger partial charge in [0, 0.05) is 5.69 Å². The van der Waals surface area contributed by atoms with Gasteiger partial charge < -0.3 is 10.1 Å². The quantitative estimate of drug-likeness (QED) is 0.886. The van der Waals surface area contributed by atoms with Gasteiger partial charge in [0.05, 0.1) is 11.9 Å². The molecule has 1 aromatic heterocycles. The summed E-state index contributed by atoms with van der Waals surface area (Å²) >= 11 is 0. The molecular weight excluding hydrogens is 285 g/mol. The number of carbonyl (C=O) groups is 1. The Morgan fingerprint density at radius 3 is 2.55 bits per heavy atom. The highest BCUT2D eigenvalue weighted by Gasteiger charge is 2.16. The highest BCUT2D eigenvalue weighted by molar-refractivity contribution is 5.84. The Labute approximate surface area is 128 Å². The van der Waals surface area contributed by atoms with Gasteiger partial charge in [0.15, 0.2) is 0 Å². The van der Waals surface area contributed by atoms with Crippen molar-refractivity contribution in [1.82, 2.24) is 4.98 Å². The zero-order valence-corrected chi connectivity index (χ0v) is 12.7. The molecule has 1 amide bonds. The van der Waals surface area contributed by atoms with Crippen molar-refractivity contribution in [2.24, 2.45) is 0 Å². The van der Waals surface area contributed by atoms with Crippen LogP contribution in [0, 0.1) is 5.82 Å². The summed E-state index contributed by atoms with van der Waals surface area (Å²) in [4.78, 5) is 15.8. The van der Waals surface area contributed by atoms with Crippen LogP contribution in [0.2, 0.25) is 0 Å². The molecule has 0 aliphatic carbocycles. The van der Waals surface area contributed by atoms with Crippen LogP contribution in [0.5, 0.6) is 0 Å². The number of hydrogen-bond donors (Lipinski definition) is 2. The molecule has 6 heteroatoms. The van der Waals surface area contributed by atoms with Gasteiger partial charge in [0.1, 0.15) is 17.2 Å². The van der Waals surface area contributed by atoms with Crippen LogP contribution in [-0.4, -0.2) is 16.7 Å². The molecule has 2 rings (SSSR count). The van der Waals surface area contributed by atoms with Crippen molar-refractivity contribution >= 4 is 23.3 Å². The standard InChI is InChI=1S/C16H18FN3O2/c1-16(2,3)22-15(21)20-13-7-8-14(18-10-13)19-12-6-4-5-11(17)9-12/h4-10H,1-3H3,(H,18,19)(H,20,21). The molecule has 0 bridgehead atoms. The molecule has 22 heavy (non-hydrogen) atoms. The van der Waals surface area contributed by atoms with E-state index in [0.717, 1.165) is 0 Å². The van der Waals surface area contributed by atoms with Crippen LogP contribution >= 0.6 is 0 Å². The van der Waals surface area contributed by atoms with Crippen LogP contribution in [0.4, 0.5) is 26.4 Å². The molecular formula is C16H18FN3O2. The maximum absolute atomic E-state index is 13.1. The van der Waals surface area contributed by atoms with Crippen molar-refractivity contribution in [3.8, 4) is 0 Å². The normalized spacial score (nSPS) is 10.9. The van der Waals surface area contributed by atoms with Crippen LogP contribution in [0.15, 0.2) is 42.6 Å². The second-order valence-corrected chi connectivity index (χ2v) is 5.69. The van der Waals surface area contributed by atoms with Gasteiger partial charge in [-0.25, -0.2) is 14.2 Å². The van der Waals surface area contributed by atoms with Crippen LogP contribution in [-0.2, 0) is 4.74 Å². The highest BCUT2D eigenvalue weighted by Crippen LogP contribution is 2.17. The summed E-state index contributed by atoms with van der Waals surface area (Å²) in [5.74, 6) is 0.216. The maximum atomic E-state index is 13.1. The number of pyridine rings is 1. The van der Waals surface area contributed by atoms with Gasteiger partial charge in [-0.05, 0) is 51.1 Å². The second kappa shape index (κ2) is 6.43. The summed E-state index contributed by atoms with van der Waals surface area (Å²) in [6.07, 6.45) is 0.950. The van der Waals surface area contributed by atoms with Crippen molar-refractivity contribution in [2.75, 3.05) is 10.6 Å². The number of nitrogens with one attached hydrogen (secondary N) is 2. The summed E-state index contributed by atoms with van der Waals surface area (Å²) in [7, 11) is 0. The number of hydrogen-bond acceptors (Lipinski definition) is 4. The first-order chi connectivity index (χ1) is 10.3. The number of nitrogens with zero attached hydrogens (tertiary/aromatic N) is 1. The van der Waals surface area contributed by atoms with Gasteiger partial charge in [-0.3, -0.25) is 5.32 Å². The Bertz CT molecular complexity index is 651. The number of amides is 1. The Kier molecular flexibility index (Phi) is 4.60. The smallest absolute Gasteiger partial charge is 0.412 e. The fourth-order valence-electron chi connectivity index (χ4n) is 1.68. The molecule has 0 aliphatic rings. The van der Waals surface area contributed by atoms with E-state index in [2.05, 4.69) is 15.6 Å². The minimum Gasteiger partial charge on any atom is -0.444 e. The number of ether oxygens (including phenoxy) is 1. The third-order valence-corrected chi connectivity index (χ3v) is 2.51. The Balaban J connectivity index is 1.97. The Hall–Kier alpha value is -2.63. The Morgan fingerprint density at radius 1 is 1.18 bits per heavy atom. The molecule has 0 spiro atoms. The number of rotatable bonds is 3. The first-order valence-corrected chi connectivity index (χ1v) is 6.80. The van der Waals surface area contributed by atoms with E-state index in [-0.39, 0.29) is 5.82 Å². The first-order valence-electron chi connectivity index (χ1n) is 6.80. The van der Waals surface area contributed by atoms with E-state index >= 15 is 0 Å². The number of halogens is 1. The van der Waals surface area contributed by atoms with E-state index < -0.39 is 11.7 Å². The number of carbonyl (C=O) groups excluding carboxylic acids is 1. The number of aromatic nitrogens is 1. The van der Waals surface area contributed by atoms with Crippen LogP contribution in [0.25, 0.3) is 0 Å². The van der Waals surface area contributed by atoms with Gasteiger partial charge in [-0.15, -0.1) is 0 Å². The molecule has 0 saturated heterocycles. The average molecular weight is 303 g/mol. The predicted octanol–water partition coefficient (Wildman–Crippen LogP) is 4.31. The minimum atomic E-state index is -0.559. The number of anilines is 3. The fraction of sp³-hybridized carbons (Fsp3) is 0.250. The van der Waals surface area contributed by atoms with E-state index in [9.17, 15) is 9.18 Å². The average Bonchev–Trinajstić information content (AvgIpc) is 2.39. The zero-order valence-electron chi connectivity index (χ0n) is 12.7. The van der Waals surface area contributed by atoms with Crippen molar-refractivity contribution in [1.29, 1.82) is 0 Å². The van der Waals surface area contributed by atoms with Gasteiger partial charge in [0.2, 0.25) is 0 Å². The highest BCUT2D eigenvalue weighted by atomic mass is 19.1. The number of benzene rings is 1. The van der Waals surface area contributed by atoms with Gasteiger partial charge >= 0.3 is 6.09 Å². The summed E-state index contributed by atoms with van der Waals surface area (Å²) in [6, 6.07) is 9.44. The second-order valence-electron chi connectivity index (χ2n) is 5.69. The molecule has 0 unspecified atom stereocenters. The van der Waals surface area contributed by atoms with Gasteiger partial charge in [-0.1, -0.05) is 6.07 Å². The molecule has 2 N–H and O–H groups in total. The van der Waals surface area contributed by atoms with Crippen molar-refractivity contribution in [2.45, 2.75) is 26.4 Å². The van der Waals surface area contributed by atoms with E-state index in [1.54, 1.807) is 45.0 Å². The lowest BCUT2D eigenvalue weighted by Crippen LogP contribution is -2.27. The van der Waals surface area contributed by atoms with E-state index in [4.69, 9.17) is 4.74 Å². The minimum absolute atomic E-state index is 0.326. The molecule has 5 nitrogen and oxygen atoms in total. The SMILES string of the molecule is CC(C)(C)OC(=O)Nc1ccc(Nc2cccc(F)c2)nc1. The topological polar surface area (TPSA) is 63.2 Å². The van der Waals surface area contributed by atoms with Crippen molar-refractivity contribution in [3.05, 3.63) is 48.4 Å². The monoisotopic (exact) mass is 303 g/mol. The lowest BCUT2D eigenvalue weighted by Gasteiger charge is -2.19. The first kappa shape index (κ1) is 15.8. The van der Waals surface area contributed by atoms with E-state index in [1.165, 1.54) is 18.3 Å².